The molecule has 0 spiro atoms. The lowest BCUT2D eigenvalue weighted by Gasteiger charge is -2.27. The molecule has 0 fully saturated rings. The summed E-state index contributed by atoms with van der Waals surface area (Å²) in [6, 6.07) is 11.4. The Hall–Kier alpha value is -2.66. The molecule has 28 heavy (non-hydrogen) atoms. The lowest BCUT2D eigenvalue weighted by Crippen LogP contribution is -2.26. The number of carbonyl (C=O) groups excluding carboxylic acids is 1. The number of hydrogen-bond donors (Lipinski definition) is 2. The first-order chi connectivity index (χ1) is 13.3. The number of aromatic nitrogens is 1. The van der Waals surface area contributed by atoms with E-state index in [0.717, 1.165) is 40.7 Å². The Labute approximate surface area is 164 Å². The summed E-state index contributed by atoms with van der Waals surface area (Å²) in [7, 11) is 1.93. The number of rotatable bonds is 3. The molecular formula is C23H26FN3O. The predicted octanol–water partition coefficient (Wildman–Crippen LogP) is 4.21. The maximum absolute atomic E-state index is 14.5. The number of halogens is 1. The van der Waals surface area contributed by atoms with E-state index in [-0.39, 0.29) is 17.3 Å². The van der Waals surface area contributed by atoms with Crippen LogP contribution in [-0.2, 0) is 18.5 Å². The molecule has 4 rings (SSSR count). The number of nitrogens with one attached hydrogen (secondary N) is 2. The molecule has 1 amide bonds. The minimum atomic E-state index is -0.384. The number of hydrogen-bond acceptors (Lipinski definition) is 2. The van der Waals surface area contributed by atoms with Crippen molar-refractivity contribution in [1.82, 2.24) is 15.2 Å². The van der Waals surface area contributed by atoms with Gasteiger partial charge in [-0.05, 0) is 63.1 Å². The minimum absolute atomic E-state index is 0.203. The van der Waals surface area contributed by atoms with Crippen molar-refractivity contribution in [3.63, 3.8) is 0 Å². The first kappa shape index (κ1) is 18.7. The second-order valence-electron chi connectivity index (χ2n) is 8.41. The molecule has 2 N–H and O–H groups in total. The Balaban J connectivity index is 2.08. The van der Waals surface area contributed by atoms with Gasteiger partial charge in [0.2, 0.25) is 0 Å². The number of carbonyl (C=O) groups is 1. The van der Waals surface area contributed by atoms with Gasteiger partial charge in [-0.15, -0.1) is 0 Å². The summed E-state index contributed by atoms with van der Waals surface area (Å²) in [4.78, 5) is 12.6. The average Bonchev–Trinajstić information content (AvgIpc) is 2.86. The fourth-order valence-corrected chi connectivity index (χ4v) is 4.26. The van der Waals surface area contributed by atoms with Crippen LogP contribution in [0.4, 0.5) is 4.39 Å². The maximum Gasteiger partial charge on any atom is 0.252 e. The summed E-state index contributed by atoms with van der Waals surface area (Å²) in [5.74, 6) is -0.588. The van der Waals surface area contributed by atoms with E-state index >= 15 is 0 Å². The normalized spacial score (nSPS) is 14.2. The molecule has 0 saturated carbocycles. The van der Waals surface area contributed by atoms with E-state index in [1.807, 2.05) is 7.05 Å². The molecule has 0 saturated heterocycles. The molecule has 1 aromatic heterocycles. The molecule has 4 nitrogen and oxygen atoms in total. The summed E-state index contributed by atoms with van der Waals surface area (Å²) in [6.45, 7) is 7.70. The van der Waals surface area contributed by atoms with E-state index in [1.54, 1.807) is 6.07 Å². The standard InChI is InChI=1S/C23H26FN3O/c1-23(2,3)27-19-12-16(24)11-18-20(19)17(9-10-26-22(18)28)21(27)15-7-5-14(6-8-15)13-25-4/h5-8,11-12,25H,9-10,13H2,1-4H3,(H,26,28). The van der Waals surface area contributed by atoms with E-state index in [0.29, 0.717) is 12.1 Å². The van der Waals surface area contributed by atoms with Crippen molar-refractivity contribution in [2.45, 2.75) is 39.3 Å². The van der Waals surface area contributed by atoms with Crippen LogP contribution in [0.1, 0.15) is 42.3 Å². The van der Waals surface area contributed by atoms with Gasteiger partial charge < -0.3 is 15.2 Å². The molecule has 3 aromatic rings. The quantitative estimate of drug-likeness (QED) is 0.716. The van der Waals surface area contributed by atoms with Gasteiger partial charge in [0.25, 0.3) is 5.91 Å². The lowest BCUT2D eigenvalue weighted by molar-refractivity contribution is 0.0956. The third-order valence-corrected chi connectivity index (χ3v) is 5.32. The molecule has 5 heteroatoms. The monoisotopic (exact) mass is 379 g/mol. The number of benzene rings is 2. The largest absolute Gasteiger partial charge is 0.352 e. The fraction of sp³-hybridized carbons (Fsp3) is 0.348. The van der Waals surface area contributed by atoms with Gasteiger partial charge in [-0.1, -0.05) is 24.3 Å². The number of amides is 1. The zero-order chi connectivity index (χ0) is 20.1. The average molecular weight is 379 g/mol. The third kappa shape index (κ3) is 3.00. The van der Waals surface area contributed by atoms with Crippen molar-refractivity contribution >= 4 is 16.8 Å². The van der Waals surface area contributed by atoms with Crippen LogP contribution in [0.25, 0.3) is 22.2 Å². The highest BCUT2D eigenvalue weighted by Crippen LogP contribution is 2.41. The van der Waals surface area contributed by atoms with Gasteiger partial charge in [0.1, 0.15) is 5.82 Å². The maximum atomic E-state index is 14.5. The zero-order valence-corrected chi connectivity index (χ0v) is 16.8. The first-order valence-electron chi connectivity index (χ1n) is 9.70. The molecule has 2 aromatic carbocycles. The molecule has 0 aliphatic carbocycles. The second kappa shape index (κ2) is 6.74. The lowest BCUT2D eigenvalue weighted by atomic mass is 9.99. The fourth-order valence-electron chi connectivity index (χ4n) is 4.26. The molecule has 2 heterocycles. The summed E-state index contributed by atoms with van der Waals surface area (Å²) in [5, 5.41) is 6.95. The summed E-state index contributed by atoms with van der Waals surface area (Å²) in [6.07, 6.45) is 0.720. The van der Waals surface area contributed by atoms with Gasteiger partial charge in [-0.3, -0.25) is 4.79 Å². The third-order valence-electron chi connectivity index (χ3n) is 5.32. The highest BCUT2D eigenvalue weighted by atomic mass is 19.1. The van der Waals surface area contributed by atoms with Crippen molar-refractivity contribution in [1.29, 1.82) is 0 Å². The molecule has 0 atom stereocenters. The summed E-state index contributed by atoms with van der Waals surface area (Å²) >= 11 is 0. The SMILES string of the molecule is CNCc1ccc(-c2c3c4c(cc(F)cc4n2C(C)(C)C)C(=O)NCC3)cc1. The van der Waals surface area contributed by atoms with E-state index in [4.69, 9.17) is 0 Å². The minimum Gasteiger partial charge on any atom is -0.352 e. The van der Waals surface area contributed by atoms with Crippen molar-refractivity contribution in [2.75, 3.05) is 13.6 Å². The van der Waals surface area contributed by atoms with Crippen LogP contribution in [-0.4, -0.2) is 24.1 Å². The Morgan fingerprint density at radius 2 is 1.89 bits per heavy atom. The van der Waals surface area contributed by atoms with Crippen molar-refractivity contribution in [2.24, 2.45) is 0 Å². The Bertz CT molecular complexity index is 1060. The molecule has 1 aliphatic rings. The van der Waals surface area contributed by atoms with Crippen LogP contribution < -0.4 is 10.6 Å². The molecule has 1 aliphatic heterocycles. The van der Waals surface area contributed by atoms with Gasteiger partial charge in [0.15, 0.2) is 0 Å². The molecule has 0 radical (unpaired) electrons. The zero-order valence-electron chi connectivity index (χ0n) is 16.8. The van der Waals surface area contributed by atoms with Crippen molar-refractivity contribution in [3.05, 3.63) is 58.9 Å². The van der Waals surface area contributed by atoms with Gasteiger partial charge >= 0.3 is 0 Å². The van der Waals surface area contributed by atoms with Gasteiger partial charge in [0.05, 0.1) is 16.8 Å². The topological polar surface area (TPSA) is 46.1 Å². The summed E-state index contributed by atoms with van der Waals surface area (Å²) in [5.41, 5.74) is 5.42. The Morgan fingerprint density at radius 1 is 1.18 bits per heavy atom. The van der Waals surface area contributed by atoms with Crippen LogP contribution in [0.2, 0.25) is 0 Å². The van der Waals surface area contributed by atoms with E-state index in [1.165, 1.54) is 11.6 Å². The van der Waals surface area contributed by atoms with Crippen LogP contribution in [0.5, 0.6) is 0 Å². The highest BCUT2D eigenvalue weighted by Gasteiger charge is 2.30. The smallest absolute Gasteiger partial charge is 0.252 e. The van der Waals surface area contributed by atoms with Crippen molar-refractivity contribution < 1.29 is 9.18 Å². The van der Waals surface area contributed by atoms with Gasteiger partial charge in [-0.25, -0.2) is 4.39 Å². The van der Waals surface area contributed by atoms with Crippen LogP contribution >= 0.6 is 0 Å². The van der Waals surface area contributed by atoms with Gasteiger partial charge in [-0.2, -0.15) is 0 Å². The number of nitrogens with zero attached hydrogens (tertiary/aromatic N) is 1. The second-order valence-corrected chi connectivity index (χ2v) is 8.41. The Morgan fingerprint density at radius 3 is 2.54 bits per heavy atom. The van der Waals surface area contributed by atoms with E-state index in [9.17, 15) is 9.18 Å². The van der Waals surface area contributed by atoms with E-state index < -0.39 is 0 Å². The van der Waals surface area contributed by atoms with E-state index in [2.05, 4.69) is 60.2 Å². The molecule has 0 unspecified atom stereocenters. The highest BCUT2D eigenvalue weighted by molar-refractivity contribution is 6.10. The summed E-state index contributed by atoms with van der Waals surface area (Å²) < 4.78 is 16.7. The molecular weight excluding hydrogens is 353 g/mol. The first-order valence-corrected chi connectivity index (χ1v) is 9.70. The predicted molar refractivity (Wildman–Crippen MR) is 111 cm³/mol. The molecule has 146 valence electrons. The van der Waals surface area contributed by atoms with Crippen LogP contribution in [0.15, 0.2) is 36.4 Å². The molecule has 0 bridgehead atoms. The van der Waals surface area contributed by atoms with Gasteiger partial charge in [0, 0.05) is 24.0 Å². The Kier molecular flexibility index (Phi) is 4.50. The van der Waals surface area contributed by atoms with Crippen LogP contribution in [0, 0.1) is 5.82 Å². The van der Waals surface area contributed by atoms with Crippen LogP contribution in [0.3, 0.4) is 0 Å². The van der Waals surface area contributed by atoms with Crippen molar-refractivity contribution in [3.8, 4) is 11.3 Å².